The SMILES string of the molecule is Cc1nc(CNCCCN2CCCC(O)C2)n(C)c1C. The summed E-state index contributed by atoms with van der Waals surface area (Å²) in [5, 5.41) is 13.1. The summed E-state index contributed by atoms with van der Waals surface area (Å²) in [4.78, 5) is 6.93. The second kappa shape index (κ2) is 7.20. The fraction of sp³-hybridized carbons (Fsp3) is 0.800. The second-order valence-electron chi connectivity index (χ2n) is 5.88. The first-order valence-electron chi connectivity index (χ1n) is 7.68. The van der Waals surface area contributed by atoms with Crippen molar-refractivity contribution in [2.24, 2.45) is 7.05 Å². The van der Waals surface area contributed by atoms with Gasteiger partial charge >= 0.3 is 0 Å². The Balaban J connectivity index is 1.63. The number of hydrogen-bond donors (Lipinski definition) is 2. The normalized spacial score (nSPS) is 20.5. The van der Waals surface area contributed by atoms with Gasteiger partial charge in [-0.1, -0.05) is 0 Å². The molecular weight excluding hydrogens is 252 g/mol. The molecule has 1 atom stereocenters. The minimum absolute atomic E-state index is 0.116. The number of rotatable bonds is 6. The van der Waals surface area contributed by atoms with Crippen LogP contribution in [-0.4, -0.2) is 51.8 Å². The summed E-state index contributed by atoms with van der Waals surface area (Å²) in [6.45, 7) is 9.04. The molecule has 0 radical (unpaired) electrons. The monoisotopic (exact) mass is 280 g/mol. The van der Waals surface area contributed by atoms with Gasteiger partial charge in [-0.05, 0) is 52.7 Å². The summed E-state index contributed by atoms with van der Waals surface area (Å²) in [6, 6.07) is 0. The largest absolute Gasteiger partial charge is 0.392 e. The molecule has 2 rings (SSSR count). The molecule has 0 saturated carbocycles. The van der Waals surface area contributed by atoms with Crippen molar-refractivity contribution in [1.82, 2.24) is 19.8 Å². The van der Waals surface area contributed by atoms with Crippen molar-refractivity contribution < 1.29 is 5.11 Å². The topological polar surface area (TPSA) is 53.3 Å². The van der Waals surface area contributed by atoms with Gasteiger partial charge in [-0.15, -0.1) is 0 Å². The molecule has 1 aliphatic rings. The summed E-state index contributed by atoms with van der Waals surface area (Å²) >= 11 is 0. The molecule has 0 aliphatic carbocycles. The number of imidazole rings is 1. The van der Waals surface area contributed by atoms with Crippen molar-refractivity contribution in [3.63, 3.8) is 0 Å². The number of hydrogen-bond acceptors (Lipinski definition) is 4. The Morgan fingerprint density at radius 2 is 2.20 bits per heavy atom. The Morgan fingerprint density at radius 1 is 1.40 bits per heavy atom. The number of aromatic nitrogens is 2. The molecule has 1 aromatic heterocycles. The lowest BCUT2D eigenvalue weighted by Gasteiger charge is -2.29. The molecule has 1 fully saturated rings. The van der Waals surface area contributed by atoms with E-state index in [0.29, 0.717) is 0 Å². The first-order chi connectivity index (χ1) is 9.58. The van der Waals surface area contributed by atoms with Gasteiger partial charge in [0.05, 0.1) is 18.3 Å². The summed E-state index contributed by atoms with van der Waals surface area (Å²) in [6.07, 6.45) is 3.09. The lowest BCUT2D eigenvalue weighted by atomic mass is 10.1. The van der Waals surface area contributed by atoms with Crippen LogP contribution in [-0.2, 0) is 13.6 Å². The van der Waals surface area contributed by atoms with E-state index < -0.39 is 0 Å². The third-order valence-electron chi connectivity index (χ3n) is 4.30. The third-order valence-corrected chi connectivity index (χ3v) is 4.30. The number of aliphatic hydroxyl groups excluding tert-OH is 1. The van der Waals surface area contributed by atoms with Gasteiger partial charge < -0.3 is 19.9 Å². The van der Waals surface area contributed by atoms with Crippen LogP contribution in [0.4, 0.5) is 0 Å². The van der Waals surface area contributed by atoms with Gasteiger partial charge in [0.15, 0.2) is 0 Å². The molecule has 2 heterocycles. The Hall–Kier alpha value is -0.910. The Bertz CT molecular complexity index is 430. The quantitative estimate of drug-likeness (QED) is 0.763. The van der Waals surface area contributed by atoms with Crippen molar-refractivity contribution in [2.75, 3.05) is 26.2 Å². The summed E-state index contributed by atoms with van der Waals surface area (Å²) in [5.41, 5.74) is 2.36. The maximum absolute atomic E-state index is 9.62. The van der Waals surface area contributed by atoms with Gasteiger partial charge in [0.2, 0.25) is 0 Å². The highest BCUT2D eigenvalue weighted by atomic mass is 16.3. The van der Waals surface area contributed by atoms with Gasteiger partial charge in [-0.25, -0.2) is 4.98 Å². The van der Waals surface area contributed by atoms with E-state index in [0.717, 1.165) is 63.5 Å². The van der Waals surface area contributed by atoms with E-state index in [9.17, 15) is 5.11 Å². The minimum atomic E-state index is -0.116. The number of aryl methyl sites for hydroxylation is 1. The van der Waals surface area contributed by atoms with E-state index in [1.54, 1.807) is 0 Å². The van der Waals surface area contributed by atoms with Gasteiger partial charge in [0.25, 0.3) is 0 Å². The van der Waals surface area contributed by atoms with Crippen LogP contribution >= 0.6 is 0 Å². The minimum Gasteiger partial charge on any atom is -0.392 e. The standard InChI is InChI=1S/C15H28N4O/c1-12-13(2)18(3)15(17-12)10-16-7-5-9-19-8-4-6-14(20)11-19/h14,16,20H,4-11H2,1-3H3. The van der Waals surface area contributed by atoms with E-state index in [4.69, 9.17) is 0 Å². The van der Waals surface area contributed by atoms with Crippen molar-refractivity contribution in [2.45, 2.75) is 45.8 Å². The zero-order chi connectivity index (χ0) is 14.5. The first-order valence-corrected chi connectivity index (χ1v) is 7.68. The number of nitrogens with one attached hydrogen (secondary N) is 1. The van der Waals surface area contributed by atoms with Crippen LogP contribution in [0.2, 0.25) is 0 Å². The maximum Gasteiger partial charge on any atom is 0.122 e. The molecule has 20 heavy (non-hydrogen) atoms. The number of likely N-dealkylation sites (tertiary alicyclic amines) is 1. The van der Waals surface area contributed by atoms with Gasteiger partial charge in [-0.2, -0.15) is 0 Å². The molecule has 0 amide bonds. The third kappa shape index (κ3) is 4.04. The highest BCUT2D eigenvalue weighted by Crippen LogP contribution is 2.10. The van der Waals surface area contributed by atoms with Crippen LogP contribution in [0.5, 0.6) is 0 Å². The highest BCUT2D eigenvalue weighted by Gasteiger charge is 2.16. The van der Waals surface area contributed by atoms with Crippen LogP contribution in [0.25, 0.3) is 0 Å². The Labute approximate surface area is 122 Å². The molecule has 1 unspecified atom stereocenters. The molecule has 1 saturated heterocycles. The van der Waals surface area contributed by atoms with E-state index in [1.165, 1.54) is 5.69 Å². The van der Waals surface area contributed by atoms with Crippen LogP contribution in [0.1, 0.15) is 36.5 Å². The molecule has 0 spiro atoms. The number of piperidine rings is 1. The average molecular weight is 280 g/mol. The van der Waals surface area contributed by atoms with Crippen LogP contribution in [0, 0.1) is 13.8 Å². The molecule has 1 aliphatic heterocycles. The lowest BCUT2D eigenvalue weighted by Crippen LogP contribution is -2.39. The molecule has 1 aromatic rings. The number of aliphatic hydroxyl groups is 1. The zero-order valence-corrected chi connectivity index (χ0v) is 13.0. The van der Waals surface area contributed by atoms with E-state index in [-0.39, 0.29) is 6.10 Å². The number of β-amino-alcohol motifs (C(OH)–C–C–N with tert-alkyl or cyclic N) is 1. The molecule has 114 valence electrons. The van der Waals surface area contributed by atoms with Crippen molar-refractivity contribution in [3.8, 4) is 0 Å². The molecule has 5 heteroatoms. The predicted molar refractivity (Wildman–Crippen MR) is 80.7 cm³/mol. The summed E-state index contributed by atoms with van der Waals surface area (Å²) < 4.78 is 2.16. The molecule has 5 nitrogen and oxygen atoms in total. The fourth-order valence-corrected chi connectivity index (χ4v) is 2.81. The smallest absolute Gasteiger partial charge is 0.122 e. The van der Waals surface area contributed by atoms with Gasteiger partial charge in [0, 0.05) is 19.3 Å². The lowest BCUT2D eigenvalue weighted by molar-refractivity contribution is 0.0702. The van der Waals surface area contributed by atoms with E-state index in [1.807, 2.05) is 0 Å². The molecule has 2 N–H and O–H groups in total. The molecule has 0 bridgehead atoms. The maximum atomic E-state index is 9.62. The predicted octanol–water partition coefficient (Wildman–Crippen LogP) is 0.973. The molecule has 0 aromatic carbocycles. The summed E-state index contributed by atoms with van der Waals surface area (Å²) in [7, 11) is 2.07. The Morgan fingerprint density at radius 3 is 2.85 bits per heavy atom. The van der Waals surface area contributed by atoms with Crippen LogP contribution in [0.3, 0.4) is 0 Å². The van der Waals surface area contributed by atoms with Gasteiger partial charge in [0.1, 0.15) is 5.82 Å². The highest BCUT2D eigenvalue weighted by molar-refractivity contribution is 5.13. The van der Waals surface area contributed by atoms with Crippen molar-refractivity contribution in [3.05, 3.63) is 17.2 Å². The molecular formula is C15H28N4O. The average Bonchev–Trinajstić information content (AvgIpc) is 2.66. The van der Waals surface area contributed by atoms with E-state index in [2.05, 4.69) is 40.7 Å². The van der Waals surface area contributed by atoms with Crippen LogP contribution < -0.4 is 5.32 Å². The van der Waals surface area contributed by atoms with Crippen molar-refractivity contribution >= 4 is 0 Å². The zero-order valence-electron chi connectivity index (χ0n) is 13.0. The van der Waals surface area contributed by atoms with Gasteiger partial charge in [-0.3, -0.25) is 0 Å². The first kappa shape index (κ1) is 15.5. The Kier molecular flexibility index (Phi) is 5.57. The summed E-state index contributed by atoms with van der Waals surface area (Å²) in [5.74, 6) is 1.10. The van der Waals surface area contributed by atoms with Crippen LogP contribution in [0.15, 0.2) is 0 Å². The number of nitrogens with zero attached hydrogens (tertiary/aromatic N) is 3. The van der Waals surface area contributed by atoms with E-state index >= 15 is 0 Å². The second-order valence-corrected chi connectivity index (χ2v) is 5.88. The fourth-order valence-electron chi connectivity index (χ4n) is 2.81. The van der Waals surface area contributed by atoms with Crippen molar-refractivity contribution in [1.29, 1.82) is 0 Å².